The molecule has 0 unspecified atom stereocenters. The Morgan fingerprint density at radius 3 is 2.39 bits per heavy atom. The Hall–Kier alpha value is -1.19. The molecule has 18 heavy (non-hydrogen) atoms. The Morgan fingerprint density at radius 1 is 1.11 bits per heavy atom. The van der Waals surface area contributed by atoms with Gasteiger partial charge in [0.25, 0.3) is 0 Å². The zero-order valence-corrected chi connectivity index (χ0v) is 11.5. The smallest absolute Gasteiger partial charge is 0.139 e. The van der Waals surface area contributed by atoms with Crippen LogP contribution < -0.4 is 0 Å². The predicted octanol–water partition coefficient (Wildman–Crippen LogP) is 2.47. The Bertz CT molecular complexity index is 365. The molecule has 0 heterocycles. The topological polar surface area (TPSA) is 35.5 Å². The second kappa shape index (κ2) is 8.01. The highest BCUT2D eigenvalue weighted by molar-refractivity contribution is 5.81. The third kappa shape index (κ3) is 4.98. The summed E-state index contributed by atoms with van der Waals surface area (Å²) in [5.41, 5.74) is 3.52. The number of hydrogen-bond donors (Lipinski definition) is 0. The summed E-state index contributed by atoms with van der Waals surface area (Å²) in [6.45, 7) is 5.70. The molecule has 0 bridgehead atoms. The lowest BCUT2D eigenvalue weighted by Crippen LogP contribution is -2.11. The number of Topliss-reactive ketones (excluding diaryl/α,β-unsaturated/α-hetero) is 1. The normalized spacial score (nSPS) is 10.6. The van der Waals surface area contributed by atoms with Crippen LogP contribution >= 0.6 is 0 Å². The summed E-state index contributed by atoms with van der Waals surface area (Å²) in [6.07, 6.45) is 0.976. The lowest BCUT2D eigenvalue weighted by Gasteiger charge is -2.09. The molecule has 3 nitrogen and oxygen atoms in total. The van der Waals surface area contributed by atoms with Gasteiger partial charge in [0.05, 0.1) is 19.8 Å². The quantitative estimate of drug-likeness (QED) is 0.665. The molecular weight excluding hydrogens is 228 g/mol. The second-order valence-corrected chi connectivity index (χ2v) is 4.44. The molecule has 1 rings (SSSR count). The van der Waals surface area contributed by atoms with E-state index < -0.39 is 0 Å². The largest absolute Gasteiger partial charge is 0.382 e. The number of rotatable bonds is 8. The first-order chi connectivity index (χ1) is 8.65. The van der Waals surface area contributed by atoms with Crippen molar-refractivity contribution in [1.82, 2.24) is 0 Å². The van der Waals surface area contributed by atoms with Crippen LogP contribution in [-0.4, -0.2) is 32.7 Å². The van der Waals surface area contributed by atoms with Crippen molar-refractivity contribution in [3.8, 4) is 0 Å². The maximum atomic E-state index is 11.8. The van der Waals surface area contributed by atoms with Crippen molar-refractivity contribution < 1.29 is 14.3 Å². The molecule has 3 heteroatoms. The van der Waals surface area contributed by atoms with Crippen LogP contribution in [0.25, 0.3) is 0 Å². The van der Waals surface area contributed by atoms with E-state index in [1.54, 1.807) is 7.11 Å². The summed E-state index contributed by atoms with van der Waals surface area (Å²) in [6, 6.07) is 6.11. The van der Waals surface area contributed by atoms with Gasteiger partial charge in [-0.15, -0.1) is 0 Å². The number of carbonyl (C=O) groups is 1. The van der Waals surface area contributed by atoms with Crippen LogP contribution in [0.3, 0.4) is 0 Å². The van der Waals surface area contributed by atoms with E-state index in [2.05, 4.69) is 0 Å². The number of aryl methyl sites for hydroxylation is 2. The molecule has 0 fully saturated rings. The van der Waals surface area contributed by atoms with Crippen LogP contribution in [0.5, 0.6) is 0 Å². The lowest BCUT2D eigenvalue weighted by atomic mass is 9.97. The minimum Gasteiger partial charge on any atom is -0.382 e. The van der Waals surface area contributed by atoms with E-state index in [0.717, 1.165) is 5.56 Å². The molecule has 0 saturated heterocycles. The number of benzene rings is 1. The molecule has 100 valence electrons. The van der Waals surface area contributed by atoms with E-state index >= 15 is 0 Å². The third-order valence-corrected chi connectivity index (χ3v) is 2.98. The average molecular weight is 250 g/mol. The minimum absolute atomic E-state index is 0.227. The van der Waals surface area contributed by atoms with Gasteiger partial charge in [-0.25, -0.2) is 0 Å². The van der Waals surface area contributed by atoms with Crippen LogP contribution in [0.15, 0.2) is 18.2 Å². The Kier molecular flexibility index (Phi) is 6.61. The van der Waals surface area contributed by atoms with E-state index in [9.17, 15) is 4.79 Å². The number of hydrogen-bond acceptors (Lipinski definition) is 3. The highest BCUT2D eigenvalue weighted by Gasteiger charge is 2.08. The molecule has 1 aromatic carbocycles. The third-order valence-electron chi connectivity index (χ3n) is 2.98. The molecule has 0 spiro atoms. The van der Waals surface area contributed by atoms with Gasteiger partial charge in [-0.1, -0.05) is 18.2 Å². The molecule has 0 aliphatic heterocycles. The van der Waals surface area contributed by atoms with Crippen molar-refractivity contribution in [3.05, 3.63) is 34.9 Å². The van der Waals surface area contributed by atoms with Gasteiger partial charge in [0.15, 0.2) is 0 Å². The second-order valence-electron chi connectivity index (χ2n) is 4.44. The van der Waals surface area contributed by atoms with E-state index in [1.807, 2.05) is 32.0 Å². The van der Waals surface area contributed by atoms with Crippen LogP contribution in [-0.2, 0) is 20.7 Å². The summed E-state index contributed by atoms with van der Waals surface area (Å²) < 4.78 is 10.2. The van der Waals surface area contributed by atoms with Gasteiger partial charge in [0.2, 0.25) is 0 Å². The predicted molar refractivity (Wildman–Crippen MR) is 71.9 cm³/mol. The zero-order valence-electron chi connectivity index (χ0n) is 11.5. The van der Waals surface area contributed by atoms with Gasteiger partial charge in [-0.3, -0.25) is 4.79 Å². The highest BCUT2D eigenvalue weighted by atomic mass is 16.5. The first kappa shape index (κ1) is 14.9. The van der Waals surface area contributed by atoms with E-state index in [1.165, 1.54) is 11.1 Å². The van der Waals surface area contributed by atoms with Crippen LogP contribution in [0.2, 0.25) is 0 Å². The summed E-state index contributed by atoms with van der Waals surface area (Å²) in [7, 11) is 1.63. The molecule has 0 N–H and O–H groups in total. The zero-order chi connectivity index (χ0) is 13.4. The summed E-state index contributed by atoms with van der Waals surface area (Å²) in [4.78, 5) is 11.8. The highest BCUT2D eigenvalue weighted by Crippen LogP contribution is 2.14. The lowest BCUT2D eigenvalue weighted by molar-refractivity contribution is -0.119. The van der Waals surface area contributed by atoms with Crippen molar-refractivity contribution in [2.75, 3.05) is 26.9 Å². The van der Waals surface area contributed by atoms with Crippen molar-refractivity contribution >= 4 is 5.78 Å². The van der Waals surface area contributed by atoms with Gasteiger partial charge < -0.3 is 9.47 Å². The summed E-state index contributed by atoms with van der Waals surface area (Å²) in [5.74, 6) is 0.227. The fourth-order valence-electron chi connectivity index (χ4n) is 1.84. The van der Waals surface area contributed by atoms with Gasteiger partial charge in [0, 0.05) is 20.0 Å². The number of methoxy groups -OCH3 is 1. The number of ketones is 1. The van der Waals surface area contributed by atoms with Crippen LogP contribution in [0.4, 0.5) is 0 Å². The van der Waals surface area contributed by atoms with Gasteiger partial charge in [-0.05, 0) is 30.5 Å². The SMILES string of the molecule is COCCOCCC(=O)Cc1c(C)cccc1C. The first-order valence-corrected chi connectivity index (χ1v) is 6.28. The minimum atomic E-state index is 0.227. The molecule has 0 radical (unpaired) electrons. The van der Waals surface area contributed by atoms with Gasteiger partial charge in [-0.2, -0.15) is 0 Å². The summed E-state index contributed by atoms with van der Waals surface area (Å²) >= 11 is 0. The Labute approximate surface area is 109 Å². The maximum Gasteiger partial charge on any atom is 0.139 e. The molecule has 0 saturated carbocycles. The Morgan fingerprint density at radius 2 is 1.78 bits per heavy atom. The first-order valence-electron chi connectivity index (χ1n) is 6.28. The van der Waals surface area contributed by atoms with Crippen molar-refractivity contribution in [2.24, 2.45) is 0 Å². The molecule has 0 amide bonds. The summed E-state index contributed by atoms with van der Waals surface area (Å²) in [5, 5.41) is 0. The fraction of sp³-hybridized carbons (Fsp3) is 0.533. The molecule has 0 aromatic heterocycles. The van der Waals surface area contributed by atoms with Crippen LogP contribution in [0.1, 0.15) is 23.1 Å². The monoisotopic (exact) mass is 250 g/mol. The van der Waals surface area contributed by atoms with Crippen LogP contribution in [0, 0.1) is 13.8 Å². The standard InChI is InChI=1S/C15H22O3/c1-12-5-4-6-13(2)15(12)11-14(16)7-8-18-10-9-17-3/h4-6H,7-11H2,1-3H3. The molecule has 0 atom stereocenters. The van der Waals surface area contributed by atoms with E-state index in [4.69, 9.17) is 9.47 Å². The molecule has 1 aromatic rings. The van der Waals surface area contributed by atoms with Gasteiger partial charge in [0.1, 0.15) is 5.78 Å². The van der Waals surface area contributed by atoms with Gasteiger partial charge >= 0.3 is 0 Å². The number of carbonyl (C=O) groups excluding carboxylic acids is 1. The van der Waals surface area contributed by atoms with Crippen molar-refractivity contribution in [3.63, 3.8) is 0 Å². The fourth-order valence-corrected chi connectivity index (χ4v) is 1.84. The van der Waals surface area contributed by atoms with E-state index in [-0.39, 0.29) is 5.78 Å². The molecule has 0 aliphatic carbocycles. The van der Waals surface area contributed by atoms with E-state index in [0.29, 0.717) is 32.7 Å². The Balaban J connectivity index is 2.36. The van der Waals surface area contributed by atoms with Crippen molar-refractivity contribution in [1.29, 1.82) is 0 Å². The molecule has 0 aliphatic rings. The molecular formula is C15H22O3. The maximum absolute atomic E-state index is 11.8. The average Bonchev–Trinajstić information content (AvgIpc) is 2.34. The number of ether oxygens (including phenoxy) is 2. The van der Waals surface area contributed by atoms with Crippen molar-refractivity contribution in [2.45, 2.75) is 26.7 Å².